The van der Waals surface area contributed by atoms with Crippen LogP contribution in [0.4, 0.5) is 0 Å². The minimum Gasteiger partial charge on any atom is -0.342 e. The third kappa shape index (κ3) is 3.46. The summed E-state index contributed by atoms with van der Waals surface area (Å²) in [6, 6.07) is 13.6. The fraction of sp³-hybridized carbons (Fsp3) is 0.200. The van der Waals surface area contributed by atoms with E-state index in [1.165, 1.54) is 11.3 Å². The van der Waals surface area contributed by atoms with Crippen LogP contribution in [0.5, 0.6) is 0 Å². The lowest BCUT2D eigenvalue weighted by atomic mass is 10.1. The molecule has 0 atom stereocenters. The molecule has 4 rings (SSSR count). The zero-order chi connectivity index (χ0) is 18.8. The van der Waals surface area contributed by atoms with Gasteiger partial charge in [0.15, 0.2) is 5.01 Å². The van der Waals surface area contributed by atoms with Crippen molar-refractivity contribution in [2.24, 2.45) is 0 Å². The molecule has 136 valence electrons. The van der Waals surface area contributed by atoms with Crippen LogP contribution in [0.2, 0.25) is 0 Å². The average Bonchev–Trinajstić information content (AvgIpc) is 3.16. The van der Waals surface area contributed by atoms with Gasteiger partial charge in [0.1, 0.15) is 6.54 Å². The zero-order valence-corrected chi connectivity index (χ0v) is 15.6. The lowest BCUT2D eigenvalue weighted by molar-refractivity contribution is -0.133. The van der Waals surface area contributed by atoms with E-state index in [4.69, 9.17) is 0 Å². The summed E-state index contributed by atoms with van der Waals surface area (Å²) in [6.07, 6.45) is 3.49. The van der Waals surface area contributed by atoms with E-state index in [0.29, 0.717) is 18.1 Å². The zero-order valence-electron chi connectivity index (χ0n) is 14.8. The monoisotopic (exact) mass is 378 g/mol. The average molecular weight is 378 g/mol. The van der Waals surface area contributed by atoms with Gasteiger partial charge in [0.05, 0.1) is 10.6 Å². The molecule has 2 amide bonds. The minimum atomic E-state index is -0.200. The Labute approximate surface area is 161 Å². The minimum absolute atomic E-state index is 0.0538. The molecule has 0 aliphatic carbocycles. The Morgan fingerprint density at radius 3 is 2.56 bits per heavy atom. The van der Waals surface area contributed by atoms with Crippen molar-refractivity contribution in [2.75, 3.05) is 26.7 Å². The van der Waals surface area contributed by atoms with E-state index in [2.05, 4.69) is 9.97 Å². The highest BCUT2D eigenvalue weighted by Crippen LogP contribution is 2.36. The van der Waals surface area contributed by atoms with Crippen LogP contribution in [0, 0.1) is 0 Å². The molecule has 6 nitrogen and oxygen atoms in total. The van der Waals surface area contributed by atoms with Gasteiger partial charge >= 0.3 is 0 Å². The van der Waals surface area contributed by atoms with E-state index < -0.39 is 0 Å². The first kappa shape index (κ1) is 17.4. The first-order valence-corrected chi connectivity index (χ1v) is 9.45. The highest BCUT2D eigenvalue weighted by Gasteiger charge is 2.28. The number of hydrogen-bond donors (Lipinski definition) is 0. The largest absolute Gasteiger partial charge is 0.342 e. The predicted octanol–water partition coefficient (Wildman–Crippen LogP) is 2.79. The molecule has 7 heteroatoms. The van der Waals surface area contributed by atoms with Crippen LogP contribution in [0.3, 0.4) is 0 Å². The first-order valence-electron chi connectivity index (χ1n) is 8.63. The molecule has 0 radical (unpaired) electrons. The maximum absolute atomic E-state index is 13.0. The molecule has 0 unspecified atom stereocenters. The second kappa shape index (κ2) is 7.28. The number of carbonyl (C=O) groups is 2. The van der Waals surface area contributed by atoms with Crippen LogP contribution in [-0.4, -0.2) is 58.3 Å². The number of rotatable bonds is 3. The van der Waals surface area contributed by atoms with Gasteiger partial charge in [-0.1, -0.05) is 36.4 Å². The van der Waals surface area contributed by atoms with Gasteiger partial charge in [-0.2, -0.15) is 0 Å². The maximum atomic E-state index is 13.0. The van der Waals surface area contributed by atoms with Crippen LogP contribution in [0.1, 0.15) is 9.80 Å². The Hall–Kier alpha value is -3.06. The van der Waals surface area contributed by atoms with Gasteiger partial charge in [-0.05, 0) is 6.07 Å². The quantitative estimate of drug-likeness (QED) is 0.703. The summed E-state index contributed by atoms with van der Waals surface area (Å²) in [5, 5.41) is 0.394. The second-order valence-corrected chi connectivity index (χ2v) is 7.35. The number of nitrogens with zero attached hydrogens (tertiary/aromatic N) is 4. The Balaban J connectivity index is 1.73. The van der Waals surface area contributed by atoms with Crippen molar-refractivity contribution in [1.82, 2.24) is 19.8 Å². The van der Waals surface area contributed by atoms with Crippen molar-refractivity contribution < 1.29 is 9.59 Å². The molecule has 1 aliphatic heterocycles. The van der Waals surface area contributed by atoms with Gasteiger partial charge in [0.2, 0.25) is 5.91 Å². The maximum Gasteiger partial charge on any atom is 0.283 e. The van der Waals surface area contributed by atoms with E-state index >= 15 is 0 Å². The molecule has 0 bridgehead atoms. The molecule has 27 heavy (non-hydrogen) atoms. The molecule has 3 aromatic rings. The fourth-order valence-electron chi connectivity index (χ4n) is 2.96. The molecule has 1 aromatic carbocycles. The van der Waals surface area contributed by atoms with Crippen LogP contribution >= 0.6 is 11.3 Å². The highest BCUT2D eigenvalue weighted by atomic mass is 32.1. The van der Waals surface area contributed by atoms with Crippen LogP contribution in [0.15, 0.2) is 54.9 Å². The highest BCUT2D eigenvalue weighted by molar-refractivity contribution is 7.17. The number of pyridine rings is 1. The summed E-state index contributed by atoms with van der Waals surface area (Å²) in [7, 11) is 1.75. The van der Waals surface area contributed by atoms with Crippen molar-refractivity contribution in [3.05, 3.63) is 59.9 Å². The Kier molecular flexibility index (Phi) is 4.68. The Bertz CT molecular complexity index is 915. The number of piperazine rings is 1. The molecule has 1 saturated heterocycles. The standard InChI is InChI=1S/C20H18N4O2S/c1-23-10-11-24(13-16(23)25)20(26)19-22-17(14-6-3-2-4-7-14)18(27-19)15-8-5-9-21-12-15/h2-9,12H,10-11,13H2,1H3. The summed E-state index contributed by atoms with van der Waals surface area (Å²) in [5.41, 5.74) is 2.63. The van der Waals surface area contributed by atoms with Crippen molar-refractivity contribution in [3.8, 4) is 21.7 Å². The van der Waals surface area contributed by atoms with Gasteiger partial charge in [0.25, 0.3) is 5.91 Å². The normalized spacial score (nSPS) is 14.5. The lowest BCUT2D eigenvalue weighted by Crippen LogP contribution is -2.50. The van der Waals surface area contributed by atoms with E-state index in [1.54, 1.807) is 29.2 Å². The van der Waals surface area contributed by atoms with Crippen LogP contribution < -0.4 is 0 Å². The van der Waals surface area contributed by atoms with Gasteiger partial charge < -0.3 is 9.80 Å². The summed E-state index contributed by atoms with van der Waals surface area (Å²) >= 11 is 1.34. The van der Waals surface area contributed by atoms with Crippen LogP contribution in [-0.2, 0) is 4.79 Å². The van der Waals surface area contributed by atoms with Crippen molar-refractivity contribution in [2.45, 2.75) is 0 Å². The number of benzene rings is 1. The van der Waals surface area contributed by atoms with Crippen molar-refractivity contribution in [3.63, 3.8) is 0 Å². The van der Waals surface area contributed by atoms with Gasteiger partial charge in [-0.25, -0.2) is 4.98 Å². The lowest BCUT2D eigenvalue weighted by Gasteiger charge is -2.31. The van der Waals surface area contributed by atoms with E-state index in [0.717, 1.165) is 21.7 Å². The molecular formula is C20H18N4O2S. The number of thiazole rings is 1. The topological polar surface area (TPSA) is 66.4 Å². The number of hydrogen-bond acceptors (Lipinski definition) is 5. The third-order valence-electron chi connectivity index (χ3n) is 4.53. The number of aromatic nitrogens is 2. The Morgan fingerprint density at radius 1 is 1.07 bits per heavy atom. The third-order valence-corrected chi connectivity index (χ3v) is 5.62. The van der Waals surface area contributed by atoms with E-state index in [-0.39, 0.29) is 18.4 Å². The van der Waals surface area contributed by atoms with Crippen LogP contribution in [0.25, 0.3) is 21.7 Å². The fourth-order valence-corrected chi connectivity index (χ4v) is 4.01. The first-order chi connectivity index (χ1) is 13.1. The van der Waals surface area contributed by atoms with Gasteiger partial charge in [-0.15, -0.1) is 11.3 Å². The number of carbonyl (C=O) groups excluding carboxylic acids is 2. The summed E-state index contributed by atoms with van der Waals surface area (Å²) < 4.78 is 0. The molecule has 3 heterocycles. The smallest absolute Gasteiger partial charge is 0.283 e. The summed E-state index contributed by atoms with van der Waals surface area (Å²) in [4.78, 5) is 37.9. The second-order valence-electron chi connectivity index (χ2n) is 6.35. The summed E-state index contributed by atoms with van der Waals surface area (Å²) in [6.45, 7) is 1.15. The number of likely N-dealkylation sites (N-methyl/N-ethyl adjacent to an activating group) is 1. The molecule has 1 fully saturated rings. The van der Waals surface area contributed by atoms with Crippen molar-refractivity contribution in [1.29, 1.82) is 0 Å². The molecule has 0 spiro atoms. The number of amides is 2. The van der Waals surface area contributed by atoms with Gasteiger partial charge in [-0.3, -0.25) is 14.6 Å². The molecular weight excluding hydrogens is 360 g/mol. The molecule has 1 aliphatic rings. The van der Waals surface area contributed by atoms with E-state index in [1.807, 2.05) is 42.5 Å². The molecule has 0 N–H and O–H groups in total. The summed E-state index contributed by atoms with van der Waals surface area (Å²) in [5.74, 6) is -0.254. The van der Waals surface area contributed by atoms with Crippen molar-refractivity contribution >= 4 is 23.2 Å². The van der Waals surface area contributed by atoms with Gasteiger partial charge in [0, 0.05) is 43.7 Å². The SMILES string of the molecule is CN1CCN(C(=O)c2nc(-c3ccccc3)c(-c3cccnc3)s2)CC1=O. The molecule has 2 aromatic heterocycles. The van der Waals surface area contributed by atoms with E-state index in [9.17, 15) is 9.59 Å². The predicted molar refractivity (Wildman–Crippen MR) is 104 cm³/mol. The molecule has 0 saturated carbocycles. The Morgan fingerprint density at radius 2 is 1.85 bits per heavy atom.